The fraction of sp³-hybridized carbons (Fsp3) is 0.310. The minimum Gasteiger partial charge on any atom is -0.457 e. The molecule has 1 amide bonds. The molecule has 0 radical (unpaired) electrons. The van der Waals surface area contributed by atoms with Crippen LogP contribution in [0.5, 0.6) is 11.5 Å². The zero-order chi connectivity index (χ0) is 26.0. The van der Waals surface area contributed by atoms with Gasteiger partial charge < -0.3 is 31.0 Å². The number of hydrogen-bond acceptors (Lipinski definition) is 7. The summed E-state index contributed by atoms with van der Waals surface area (Å²) in [6.45, 7) is 0.558. The minimum absolute atomic E-state index is 0.127. The van der Waals surface area contributed by atoms with Crippen LogP contribution in [0.3, 0.4) is 0 Å². The number of hydrogen-bond donors (Lipinski definition) is 4. The molecule has 0 bridgehead atoms. The van der Waals surface area contributed by atoms with Gasteiger partial charge in [0.25, 0.3) is 0 Å². The van der Waals surface area contributed by atoms with Gasteiger partial charge in [0.05, 0.1) is 12.1 Å². The third-order valence-corrected chi connectivity index (χ3v) is 6.21. The molecule has 8 heteroatoms. The Balaban J connectivity index is 1.50. The average Bonchev–Trinajstić information content (AvgIpc) is 3.35. The van der Waals surface area contributed by atoms with Crippen LogP contribution in [-0.2, 0) is 11.2 Å². The normalized spacial score (nSPS) is 13.7. The fourth-order valence-corrected chi connectivity index (χ4v) is 4.12. The Kier molecular flexibility index (Phi) is 9.26. The molecule has 0 saturated carbocycles. The minimum atomic E-state index is -1.16. The summed E-state index contributed by atoms with van der Waals surface area (Å²) in [5.41, 5.74) is 13.8. The highest BCUT2D eigenvalue weighted by Crippen LogP contribution is 2.29. The molecule has 4 rings (SSSR count). The molecule has 0 saturated heterocycles. The van der Waals surface area contributed by atoms with Crippen molar-refractivity contribution in [2.75, 3.05) is 6.54 Å². The zero-order valence-electron chi connectivity index (χ0n) is 20.8. The van der Waals surface area contributed by atoms with Crippen LogP contribution in [-0.4, -0.2) is 34.6 Å². The molecule has 4 aromatic rings. The van der Waals surface area contributed by atoms with Gasteiger partial charge in [-0.25, -0.2) is 4.98 Å². The summed E-state index contributed by atoms with van der Waals surface area (Å²) in [5.74, 6) is 1.12. The van der Waals surface area contributed by atoms with Crippen molar-refractivity contribution < 1.29 is 19.1 Å². The van der Waals surface area contributed by atoms with Gasteiger partial charge in [-0.2, -0.15) is 0 Å². The van der Waals surface area contributed by atoms with Gasteiger partial charge in [-0.05, 0) is 62.1 Å². The lowest BCUT2D eigenvalue weighted by atomic mass is 10.00. The van der Waals surface area contributed by atoms with E-state index in [1.165, 1.54) is 0 Å². The number of aliphatic hydroxyl groups is 1. The van der Waals surface area contributed by atoms with Crippen LogP contribution in [0.4, 0.5) is 0 Å². The van der Waals surface area contributed by atoms with E-state index in [2.05, 4.69) is 10.3 Å². The van der Waals surface area contributed by atoms with Crippen molar-refractivity contribution in [3.05, 3.63) is 90.3 Å². The van der Waals surface area contributed by atoms with E-state index in [1.54, 1.807) is 18.2 Å². The molecule has 0 aliphatic rings. The number of unbranched alkanes of at least 4 members (excludes halogenated alkanes) is 1. The van der Waals surface area contributed by atoms with Gasteiger partial charge in [0.2, 0.25) is 11.8 Å². The van der Waals surface area contributed by atoms with E-state index in [4.69, 9.17) is 20.6 Å². The van der Waals surface area contributed by atoms with E-state index >= 15 is 0 Å². The molecule has 37 heavy (non-hydrogen) atoms. The molecule has 0 spiro atoms. The maximum atomic E-state index is 12.8. The number of para-hydroxylation sites is 1. The molecule has 0 fully saturated rings. The van der Waals surface area contributed by atoms with Crippen molar-refractivity contribution in [3.8, 4) is 11.5 Å². The molecule has 3 aromatic carbocycles. The number of nitrogens with two attached hydrogens (primary N) is 2. The quantitative estimate of drug-likeness (QED) is 0.201. The summed E-state index contributed by atoms with van der Waals surface area (Å²) in [6.07, 6.45) is 2.07. The third-order valence-electron chi connectivity index (χ3n) is 6.21. The standard InChI is InChI=1S/C29H34N4O4/c30-18-8-7-13-23(31)28(35)32-24(16-14-20-9-3-1-4-10-20)27(34)29-33-25-19-22(15-17-26(25)37-29)36-21-11-5-2-6-12-21/h1-6,9-12,15,17,19,23-24,27,34H,7-8,13-14,16,18,30-31H2,(H,32,35)/t23-,24-,27?/m1/s1. The van der Waals surface area contributed by atoms with Crippen molar-refractivity contribution >= 4 is 17.0 Å². The van der Waals surface area contributed by atoms with E-state index < -0.39 is 18.2 Å². The first-order valence-electron chi connectivity index (χ1n) is 12.6. The Morgan fingerprint density at radius 3 is 2.43 bits per heavy atom. The van der Waals surface area contributed by atoms with E-state index in [1.807, 2.05) is 60.7 Å². The second-order valence-corrected chi connectivity index (χ2v) is 9.07. The number of carbonyl (C=O) groups excluding carboxylic acids is 1. The van der Waals surface area contributed by atoms with Gasteiger partial charge in [0, 0.05) is 6.07 Å². The van der Waals surface area contributed by atoms with Crippen LogP contribution in [0, 0.1) is 0 Å². The average molecular weight is 503 g/mol. The van der Waals surface area contributed by atoms with E-state index in [0.717, 1.165) is 18.4 Å². The lowest BCUT2D eigenvalue weighted by Gasteiger charge is -2.24. The first-order valence-corrected chi connectivity index (χ1v) is 12.6. The van der Waals surface area contributed by atoms with Gasteiger partial charge >= 0.3 is 0 Å². The number of ether oxygens (including phenoxy) is 1. The predicted molar refractivity (Wildman–Crippen MR) is 143 cm³/mol. The van der Waals surface area contributed by atoms with Gasteiger partial charge in [-0.15, -0.1) is 0 Å². The Hall–Kier alpha value is -3.72. The van der Waals surface area contributed by atoms with Crippen molar-refractivity contribution in [1.82, 2.24) is 10.3 Å². The fourth-order valence-electron chi connectivity index (χ4n) is 4.12. The summed E-state index contributed by atoms with van der Waals surface area (Å²) in [5, 5.41) is 14.2. The Bertz CT molecular complexity index is 1260. The van der Waals surface area contributed by atoms with Crippen LogP contribution in [0.15, 0.2) is 83.3 Å². The predicted octanol–water partition coefficient (Wildman–Crippen LogP) is 4.23. The molecular formula is C29H34N4O4. The third kappa shape index (κ3) is 7.39. The Morgan fingerprint density at radius 1 is 0.973 bits per heavy atom. The van der Waals surface area contributed by atoms with Gasteiger partial charge in [0.15, 0.2) is 11.7 Å². The van der Waals surface area contributed by atoms with Gasteiger partial charge in [-0.1, -0.05) is 55.0 Å². The molecule has 0 aliphatic carbocycles. The molecular weight excluding hydrogens is 468 g/mol. The number of amides is 1. The Labute approximate surface area is 216 Å². The number of nitrogens with zero attached hydrogens (tertiary/aromatic N) is 1. The maximum absolute atomic E-state index is 12.8. The molecule has 1 aromatic heterocycles. The molecule has 6 N–H and O–H groups in total. The summed E-state index contributed by atoms with van der Waals surface area (Å²) < 4.78 is 11.8. The van der Waals surface area contributed by atoms with Crippen molar-refractivity contribution in [2.24, 2.45) is 11.5 Å². The zero-order valence-corrected chi connectivity index (χ0v) is 20.8. The number of nitrogens with one attached hydrogen (secondary N) is 1. The number of rotatable bonds is 13. The monoisotopic (exact) mass is 502 g/mol. The first-order chi connectivity index (χ1) is 18.0. The molecule has 1 heterocycles. The highest BCUT2D eigenvalue weighted by Gasteiger charge is 2.29. The second-order valence-electron chi connectivity index (χ2n) is 9.07. The number of aryl methyl sites for hydroxylation is 1. The molecule has 8 nitrogen and oxygen atoms in total. The summed E-state index contributed by atoms with van der Waals surface area (Å²) in [7, 11) is 0. The number of aliphatic hydroxyl groups excluding tert-OH is 1. The topological polar surface area (TPSA) is 137 Å². The highest BCUT2D eigenvalue weighted by atomic mass is 16.5. The summed E-state index contributed by atoms with van der Waals surface area (Å²) in [6, 6.07) is 23.3. The number of aromatic nitrogens is 1. The van der Waals surface area contributed by atoms with Gasteiger partial charge in [0.1, 0.15) is 17.0 Å². The van der Waals surface area contributed by atoms with Crippen molar-refractivity contribution in [1.29, 1.82) is 0 Å². The molecule has 194 valence electrons. The SMILES string of the molecule is NCCCC[C@@H](N)C(=O)N[C@H](CCc1ccccc1)C(O)c1nc2cc(Oc3ccccc3)ccc2o1. The van der Waals surface area contributed by atoms with Gasteiger partial charge in [-0.3, -0.25) is 4.79 Å². The van der Waals surface area contributed by atoms with Crippen molar-refractivity contribution in [3.63, 3.8) is 0 Å². The first kappa shape index (κ1) is 26.3. The van der Waals surface area contributed by atoms with Crippen LogP contribution >= 0.6 is 0 Å². The van der Waals surface area contributed by atoms with Crippen molar-refractivity contribution in [2.45, 2.75) is 50.3 Å². The largest absolute Gasteiger partial charge is 0.457 e. The summed E-state index contributed by atoms with van der Waals surface area (Å²) >= 11 is 0. The number of fused-ring (bicyclic) bond motifs is 1. The number of benzene rings is 3. The molecule has 0 aliphatic heterocycles. The highest BCUT2D eigenvalue weighted by molar-refractivity contribution is 5.81. The maximum Gasteiger partial charge on any atom is 0.237 e. The van der Waals surface area contributed by atoms with Crippen LogP contribution < -0.4 is 21.5 Å². The number of carbonyl (C=O) groups is 1. The molecule has 1 unspecified atom stereocenters. The smallest absolute Gasteiger partial charge is 0.237 e. The number of oxazole rings is 1. The van der Waals surface area contributed by atoms with E-state index in [-0.39, 0.29) is 11.8 Å². The second kappa shape index (κ2) is 13.0. The van der Waals surface area contributed by atoms with E-state index in [0.29, 0.717) is 48.4 Å². The lowest BCUT2D eigenvalue weighted by Crippen LogP contribution is -2.47. The summed E-state index contributed by atoms with van der Waals surface area (Å²) in [4.78, 5) is 17.3. The van der Waals surface area contributed by atoms with Crippen LogP contribution in [0.2, 0.25) is 0 Å². The Morgan fingerprint density at radius 2 is 1.70 bits per heavy atom. The lowest BCUT2D eigenvalue weighted by molar-refractivity contribution is -0.124. The van der Waals surface area contributed by atoms with Crippen LogP contribution in [0.25, 0.3) is 11.1 Å². The van der Waals surface area contributed by atoms with Crippen LogP contribution in [0.1, 0.15) is 43.2 Å². The molecule has 3 atom stereocenters. The van der Waals surface area contributed by atoms with E-state index in [9.17, 15) is 9.90 Å².